The van der Waals surface area contributed by atoms with Crippen LogP contribution in [-0.2, 0) is 65.4 Å². The van der Waals surface area contributed by atoms with Crippen LogP contribution in [0.4, 0.5) is 0 Å². The lowest BCUT2D eigenvalue weighted by Gasteiger charge is -2.21. The fourth-order valence-electron chi connectivity index (χ4n) is 11.7. The number of unbranched alkanes of at least 4 members (excludes halogenated alkanes) is 39. The Morgan fingerprint density at radius 3 is 0.740 bits per heavy atom. The molecule has 0 aliphatic rings. The van der Waals surface area contributed by atoms with E-state index in [0.717, 1.165) is 114 Å². The molecule has 0 fully saturated rings. The van der Waals surface area contributed by atoms with Gasteiger partial charge in [0.15, 0.2) is 12.2 Å². The van der Waals surface area contributed by atoms with Crippen LogP contribution >= 0.6 is 15.6 Å². The third kappa shape index (κ3) is 69.2. The third-order valence-electron chi connectivity index (χ3n) is 18.2. The van der Waals surface area contributed by atoms with Crippen molar-refractivity contribution in [3.8, 4) is 0 Å². The molecule has 0 aromatic rings. The minimum absolute atomic E-state index is 0.102. The molecule has 0 aromatic heterocycles. The summed E-state index contributed by atoms with van der Waals surface area (Å²) in [7, 11) is -9.91. The van der Waals surface area contributed by atoms with Gasteiger partial charge < -0.3 is 33.8 Å². The molecule has 0 bridgehead atoms. The average molecular weight is 1410 g/mol. The Labute approximate surface area is 588 Å². The van der Waals surface area contributed by atoms with E-state index in [2.05, 4.69) is 55.4 Å². The molecule has 0 saturated carbocycles. The van der Waals surface area contributed by atoms with Crippen LogP contribution in [0.2, 0.25) is 0 Å². The van der Waals surface area contributed by atoms with Gasteiger partial charge in [-0.2, -0.15) is 0 Å². The molecule has 4 unspecified atom stereocenters. The molecule has 0 amide bonds. The number of rotatable bonds is 74. The molecular formula is C77H150O17P2. The molecule has 0 aliphatic carbocycles. The fourth-order valence-corrected chi connectivity index (χ4v) is 13.3. The van der Waals surface area contributed by atoms with Crippen molar-refractivity contribution in [1.29, 1.82) is 0 Å². The highest BCUT2D eigenvalue weighted by Gasteiger charge is 2.30. The van der Waals surface area contributed by atoms with Gasteiger partial charge in [0.1, 0.15) is 19.3 Å². The molecule has 0 saturated heterocycles. The van der Waals surface area contributed by atoms with Crippen LogP contribution in [0.1, 0.15) is 389 Å². The van der Waals surface area contributed by atoms with E-state index >= 15 is 0 Å². The number of carbonyl (C=O) groups excluding carboxylic acids is 4. The first-order valence-electron chi connectivity index (χ1n) is 39.7. The molecule has 96 heavy (non-hydrogen) atoms. The van der Waals surface area contributed by atoms with Gasteiger partial charge in [0, 0.05) is 25.7 Å². The van der Waals surface area contributed by atoms with Gasteiger partial charge in [-0.05, 0) is 49.4 Å². The molecule has 17 nitrogen and oxygen atoms in total. The number of esters is 4. The molecular weight excluding hydrogens is 1260 g/mol. The van der Waals surface area contributed by atoms with E-state index in [0.29, 0.717) is 25.7 Å². The normalized spacial score (nSPS) is 14.4. The monoisotopic (exact) mass is 1410 g/mol. The summed E-state index contributed by atoms with van der Waals surface area (Å²) in [6, 6.07) is 0. The molecule has 0 radical (unpaired) electrons. The molecule has 0 spiro atoms. The lowest BCUT2D eigenvalue weighted by atomic mass is 10.00. The summed E-state index contributed by atoms with van der Waals surface area (Å²) in [6.45, 7) is 14.2. The van der Waals surface area contributed by atoms with Gasteiger partial charge in [0.2, 0.25) is 0 Å². The van der Waals surface area contributed by atoms with E-state index in [1.807, 2.05) is 0 Å². The number of hydrogen-bond acceptors (Lipinski definition) is 15. The zero-order valence-corrected chi connectivity index (χ0v) is 64.8. The van der Waals surface area contributed by atoms with Crippen molar-refractivity contribution in [3.05, 3.63) is 0 Å². The van der Waals surface area contributed by atoms with Crippen molar-refractivity contribution in [2.75, 3.05) is 39.6 Å². The van der Waals surface area contributed by atoms with Gasteiger partial charge >= 0.3 is 39.5 Å². The first-order valence-corrected chi connectivity index (χ1v) is 42.7. The highest BCUT2D eigenvalue weighted by atomic mass is 31.2. The number of hydrogen-bond donors (Lipinski definition) is 3. The Hall–Kier alpha value is -1.94. The highest BCUT2D eigenvalue weighted by molar-refractivity contribution is 7.47. The maximum Gasteiger partial charge on any atom is 0.472 e. The van der Waals surface area contributed by atoms with Crippen molar-refractivity contribution in [2.24, 2.45) is 23.7 Å². The van der Waals surface area contributed by atoms with Crippen molar-refractivity contribution in [2.45, 2.75) is 408 Å². The molecule has 0 rings (SSSR count). The molecule has 570 valence electrons. The second-order valence-corrected chi connectivity index (χ2v) is 32.3. The summed E-state index contributed by atoms with van der Waals surface area (Å²) in [6.07, 6.45) is 51.5. The summed E-state index contributed by atoms with van der Waals surface area (Å²) < 4.78 is 68.5. The Kier molecular flexibility index (Phi) is 65.0. The van der Waals surface area contributed by atoms with Crippen LogP contribution in [0.15, 0.2) is 0 Å². The van der Waals surface area contributed by atoms with Gasteiger partial charge in [0.05, 0.1) is 26.4 Å². The number of aliphatic hydroxyl groups is 1. The SMILES string of the molecule is CCC(C)CCCCCCCCC(=O)O[C@H](COC(=O)CCCCCCCCCCC(C)C)COP(=O)(O)OCC(O)COP(=O)(O)OC[C@@H](COC(=O)CCCCCCCCCCCCCC(C)C)OC(=O)CCCCCCCCCCCCCCCCCCCCC(C)C. The summed E-state index contributed by atoms with van der Waals surface area (Å²) in [5, 5.41) is 10.6. The Morgan fingerprint density at radius 2 is 0.500 bits per heavy atom. The van der Waals surface area contributed by atoms with Crippen LogP contribution in [0, 0.1) is 23.7 Å². The van der Waals surface area contributed by atoms with Gasteiger partial charge in [-0.1, -0.05) is 338 Å². The van der Waals surface area contributed by atoms with E-state index in [9.17, 15) is 43.2 Å². The van der Waals surface area contributed by atoms with Crippen LogP contribution in [-0.4, -0.2) is 96.7 Å². The molecule has 0 aromatic carbocycles. The molecule has 6 atom stereocenters. The second-order valence-electron chi connectivity index (χ2n) is 29.4. The zero-order chi connectivity index (χ0) is 71.0. The zero-order valence-electron chi connectivity index (χ0n) is 63.0. The smallest absolute Gasteiger partial charge is 0.462 e. The fraction of sp³-hybridized carbons (Fsp3) is 0.948. The van der Waals surface area contributed by atoms with Crippen molar-refractivity contribution in [3.63, 3.8) is 0 Å². The van der Waals surface area contributed by atoms with Gasteiger partial charge in [-0.3, -0.25) is 37.3 Å². The van der Waals surface area contributed by atoms with E-state index in [1.165, 1.54) is 193 Å². The molecule has 3 N–H and O–H groups in total. The van der Waals surface area contributed by atoms with E-state index < -0.39 is 97.5 Å². The summed E-state index contributed by atoms with van der Waals surface area (Å²) in [5.74, 6) is 0.914. The maximum atomic E-state index is 13.1. The lowest BCUT2D eigenvalue weighted by molar-refractivity contribution is -0.161. The summed E-state index contributed by atoms with van der Waals surface area (Å²) in [4.78, 5) is 72.8. The van der Waals surface area contributed by atoms with Gasteiger partial charge in [-0.15, -0.1) is 0 Å². The standard InChI is InChI=1S/C77H150O17P2/c1-9-70(8)56-48-40-35-36-44-52-60-77(82)94-73(64-88-75(80)58-50-42-33-28-27-31-39-47-55-69(6)7)66-92-96(85,86)90-62-71(78)61-89-95(83,84)91-65-72(63-87-74(79)57-49-41-32-25-22-18-20-24-30-38-46-54-68(4)5)93-76(81)59-51-43-34-26-21-17-15-13-11-10-12-14-16-19-23-29-37-45-53-67(2)3/h67-73,78H,9-66H2,1-8H3,(H,83,84)(H,85,86)/t70?,71?,72-,73-/m1/s1. The van der Waals surface area contributed by atoms with Crippen LogP contribution < -0.4 is 0 Å². The minimum atomic E-state index is -4.96. The van der Waals surface area contributed by atoms with Crippen molar-refractivity contribution in [1.82, 2.24) is 0 Å². The van der Waals surface area contributed by atoms with Gasteiger partial charge in [0.25, 0.3) is 0 Å². The predicted molar refractivity (Wildman–Crippen MR) is 391 cm³/mol. The predicted octanol–water partition coefficient (Wildman–Crippen LogP) is 22.4. The first-order chi connectivity index (χ1) is 46.1. The van der Waals surface area contributed by atoms with Gasteiger partial charge in [-0.25, -0.2) is 9.13 Å². The number of carbonyl (C=O) groups is 4. The van der Waals surface area contributed by atoms with E-state index in [-0.39, 0.29) is 25.7 Å². The number of phosphoric acid groups is 2. The topological polar surface area (TPSA) is 237 Å². The number of phosphoric ester groups is 2. The van der Waals surface area contributed by atoms with Crippen LogP contribution in [0.5, 0.6) is 0 Å². The van der Waals surface area contributed by atoms with Crippen LogP contribution in [0.25, 0.3) is 0 Å². The Bertz CT molecular complexity index is 1890. The van der Waals surface area contributed by atoms with Crippen molar-refractivity contribution >= 4 is 39.5 Å². The molecule has 0 heterocycles. The minimum Gasteiger partial charge on any atom is -0.462 e. The highest BCUT2D eigenvalue weighted by Crippen LogP contribution is 2.45. The first kappa shape index (κ1) is 94.1. The van der Waals surface area contributed by atoms with E-state index in [4.69, 9.17) is 37.0 Å². The summed E-state index contributed by atoms with van der Waals surface area (Å²) >= 11 is 0. The van der Waals surface area contributed by atoms with Crippen LogP contribution in [0.3, 0.4) is 0 Å². The Morgan fingerprint density at radius 1 is 0.292 bits per heavy atom. The average Bonchev–Trinajstić information content (AvgIpc) is 2.35. The summed E-state index contributed by atoms with van der Waals surface area (Å²) in [5.41, 5.74) is 0. The number of ether oxygens (including phenoxy) is 4. The second kappa shape index (κ2) is 66.3. The molecule has 0 aliphatic heterocycles. The van der Waals surface area contributed by atoms with E-state index in [1.54, 1.807) is 0 Å². The van der Waals surface area contributed by atoms with Crippen molar-refractivity contribution < 1.29 is 80.2 Å². The third-order valence-corrected chi connectivity index (χ3v) is 20.1. The number of aliphatic hydroxyl groups excluding tert-OH is 1. The lowest BCUT2D eigenvalue weighted by Crippen LogP contribution is -2.30. The molecule has 19 heteroatoms. The quantitative estimate of drug-likeness (QED) is 0.0222. The largest absolute Gasteiger partial charge is 0.472 e. The maximum absolute atomic E-state index is 13.1. The Balaban J connectivity index is 5.21.